The Kier molecular flexibility index (Phi) is 5.92. The van der Waals surface area contributed by atoms with Gasteiger partial charge in [-0.15, -0.1) is 0 Å². The van der Waals surface area contributed by atoms with Gasteiger partial charge in [0.1, 0.15) is 5.56 Å². The number of nitro benzene ring substituents is 1. The van der Waals surface area contributed by atoms with Gasteiger partial charge < -0.3 is 0 Å². The molecule has 0 unspecified atom stereocenters. The van der Waals surface area contributed by atoms with Gasteiger partial charge in [0, 0.05) is 11.6 Å². The molecular formula is C14H13NO3Se. The number of para-hydroxylation sites is 1. The minimum absolute atomic E-state index is 0.115. The van der Waals surface area contributed by atoms with Crippen LogP contribution in [0, 0.1) is 10.1 Å². The zero-order chi connectivity index (χ0) is 14.3. The van der Waals surface area contributed by atoms with Crippen molar-refractivity contribution in [2.45, 2.75) is 5.82 Å². The summed E-state index contributed by atoms with van der Waals surface area (Å²) in [4.78, 5) is 22.3. The van der Waals surface area contributed by atoms with Crippen LogP contribution in [0.15, 0.2) is 54.6 Å². The number of carbonyl (C=O) groups excluding carboxylic acids is 1. The van der Waals surface area contributed by atoms with Gasteiger partial charge in [0.2, 0.25) is 0 Å². The van der Waals surface area contributed by atoms with E-state index < -0.39 is 4.92 Å². The number of ketones is 1. The van der Waals surface area contributed by atoms with Crippen molar-refractivity contribution in [1.82, 2.24) is 0 Å². The molecule has 0 spiro atoms. The molecule has 5 heteroatoms. The Morgan fingerprint density at radius 1 is 1.00 bits per heavy atom. The molecule has 4 nitrogen and oxygen atoms in total. The van der Waals surface area contributed by atoms with Crippen molar-refractivity contribution in [3.63, 3.8) is 0 Å². The van der Waals surface area contributed by atoms with Crippen LogP contribution in [0.2, 0.25) is 5.82 Å². The third kappa shape index (κ3) is 3.74. The maximum absolute atomic E-state index is 12.1. The van der Waals surface area contributed by atoms with Crippen LogP contribution in [0.25, 0.3) is 0 Å². The maximum Gasteiger partial charge on any atom is 0.280 e. The van der Waals surface area contributed by atoms with Crippen LogP contribution in [0.4, 0.5) is 5.69 Å². The molecule has 0 aromatic heterocycles. The Labute approximate surface area is 119 Å². The summed E-state index contributed by atoms with van der Waals surface area (Å²) in [6.45, 7) is 0. The molecule has 2 aromatic carbocycles. The average molecular weight is 322 g/mol. The minimum Gasteiger partial charge on any atom is -0.288 e. The van der Waals surface area contributed by atoms with E-state index in [2.05, 4.69) is 16.0 Å². The van der Waals surface area contributed by atoms with E-state index in [1.165, 1.54) is 12.1 Å². The van der Waals surface area contributed by atoms with Gasteiger partial charge in [-0.3, -0.25) is 14.9 Å². The zero-order valence-corrected chi connectivity index (χ0v) is 12.2. The van der Waals surface area contributed by atoms with E-state index in [9.17, 15) is 14.9 Å². The fraction of sp³-hybridized carbons (Fsp3) is 0.0714. The fourth-order valence-electron chi connectivity index (χ4n) is 1.57. The Morgan fingerprint density at radius 2 is 1.53 bits per heavy atom. The number of hydrogen-bond acceptors (Lipinski definition) is 3. The molecule has 0 amide bonds. The fourth-order valence-corrected chi connectivity index (χ4v) is 1.57. The summed E-state index contributed by atoms with van der Waals surface area (Å²) in [6, 6.07) is 14.5. The first kappa shape index (κ1) is 15.1. The molecule has 0 fully saturated rings. The molecule has 0 N–H and O–H groups in total. The number of benzene rings is 2. The van der Waals surface area contributed by atoms with Crippen LogP contribution in [0.1, 0.15) is 15.9 Å². The smallest absolute Gasteiger partial charge is 0.280 e. The molecule has 0 heterocycles. The topological polar surface area (TPSA) is 60.2 Å². The summed E-state index contributed by atoms with van der Waals surface area (Å²) in [6.07, 6.45) is 0. The van der Waals surface area contributed by atoms with Crippen molar-refractivity contribution in [2.75, 3.05) is 0 Å². The van der Waals surface area contributed by atoms with E-state index in [4.69, 9.17) is 0 Å². The van der Waals surface area contributed by atoms with Crippen LogP contribution in [0.5, 0.6) is 0 Å². The summed E-state index contributed by atoms with van der Waals surface area (Å²) in [5.74, 6) is 1.60. The van der Waals surface area contributed by atoms with Gasteiger partial charge in [0.25, 0.3) is 5.69 Å². The Hall–Kier alpha value is -1.97. The number of nitrogens with zero attached hydrogens (tertiary/aromatic N) is 1. The summed E-state index contributed by atoms with van der Waals surface area (Å²) < 4.78 is 0. The predicted molar refractivity (Wildman–Crippen MR) is 76.0 cm³/mol. The van der Waals surface area contributed by atoms with Crippen LogP contribution in [0.3, 0.4) is 0 Å². The van der Waals surface area contributed by atoms with E-state index in [1.54, 1.807) is 42.5 Å². The Bertz CT molecular complexity index is 570. The van der Waals surface area contributed by atoms with Gasteiger partial charge in [-0.25, -0.2) is 0 Å². The first-order valence-corrected chi connectivity index (χ1v) is 7.35. The SMILES string of the molecule is C[SeH].O=C(c1ccccc1)c1ccccc1[N+](=O)[O-]. The van der Waals surface area contributed by atoms with Crippen molar-refractivity contribution >= 4 is 27.5 Å². The van der Waals surface area contributed by atoms with Gasteiger partial charge >= 0.3 is 21.8 Å². The third-order valence-corrected chi connectivity index (χ3v) is 2.38. The Balaban J connectivity index is 0.000000861. The monoisotopic (exact) mass is 323 g/mol. The number of nitro groups is 1. The summed E-state index contributed by atoms with van der Waals surface area (Å²) in [5.41, 5.74) is 0.395. The molecule has 98 valence electrons. The van der Waals surface area contributed by atoms with E-state index in [-0.39, 0.29) is 17.0 Å². The van der Waals surface area contributed by atoms with Gasteiger partial charge in [0.15, 0.2) is 5.78 Å². The molecule has 0 saturated heterocycles. The van der Waals surface area contributed by atoms with Crippen molar-refractivity contribution < 1.29 is 9.72 Å². The molecule has 0 aliphatic rings. The molecule has 0 aliphatic carbocycles. The van der Waals surface area contributed by atoms with E-state index in [1.807, 2.05) is 5.82 Å². The summed E-state index contributed by atoms with van der Waals surface area (Å²) in [5, 5.41) is 10.8. The quantitative estimate of drug-likeness (QED) is 0.378. The number of hydrogen-bond donors (Lipinski definition) is 0. The van der Waals surface area contributed by atoms with Crippen LogP contribution >= 0.6 is 0 Å². The minimum atomic E-state index is -0.545. The van der Waals surface area contributed by atoms with E-state index in [0.717, 1.165) is 0 Å². The summed E-state index contributed by atoms with van der Waals surface area (Å²) in [7, 11) is 0. The molecule has 2 aromatic rings. The molecule has 0 bridgehead atoms. The zero-order valence-electron chi connectivity index (χ0n) is 10.3. The molecule has 0 atom stereocenters. The van der Waals surface area contributed by atoms with Crippen molar-refractivity contribution in [3.8, 4) is 0 Å². The van der Waals surface area contributed by atoms with E-state index in [0.29, 0.717) is 5.56 Å². The predicted octanol–water partition coefficient (Wildman–Crippen LogP) is 2.76. The second-order valence-corrected chi connectivity index (χ2v) is 3.47. The van der Waals surface area contributed by atoms with Crippen LogP contribution < -0.4 is 0 Å². The number of carbonyl (C=O) groups is 1. The van der Waals surface area contributed by atoms with Crippen LogP contribution in [-0.2, 0) is 0 Å². The average Bonchev–Trinajstić information content (AvgIpc) is 2.49. The van der Waals surface area contributed by atoms with Crippen molar-refractivity contribution in [3.05, 3.63) is 75.8 Å². The second-order valence-electron chi connectivity index (χ2n) is 3.47. The standard InChI is InChI=1S/C13H9NO3.CH4Se/c15-13(10-6-2-1-3-7-10)11-8-4-5-9-12(11)14(16)17;1-2/h1-9H;2H,1H3. The number of rotatable bonds is 3. The largest absolute Gasteiger partial charge is 0.288 e. The maximum atomic E-state index is 12.1. The van der Waals surface area contributed by atoms with Crippen molar-refractivity contribution in [1.29, 1.82) is 0 Å². The molecule has 0 aliphatic heterocycles. The normalized spacial score (nSPS) is 9.16. The summed E-state index contributed by atoms with van der Waals surface area (Å²) >= 11 is 2.31. The van der Waals surface area contributed by atoms with Gasteiger partial charge in [0.05, 0.1) is 4.92 Å². The molecular weight excluding hydrogens is 309 g/mol. The molecule has 19 heavy (non-hydrogen) atoms. The van der Waals surface area contributed by atoms with E-state index >= 15 is 0 Å². The van der Waals surface area contributed by atoms with Gasteiger partial charge in [-0.1, -0.05) is 42.5 Å². The molecule has 0 radical (unpaired) electrons. The van der Waals surface area contributed by atoms with Crippen LogP contribution in [-0.4, -0.2) is 26.7 Å². The first-order chi connectivity index (χ1) is 9.20. The van der Waals surface area contributed by atoms with Crippen molar-refractivity contribution in [2.24, 2.45) is 0 Å². The first-order valence-electron chi connectivity index (χ1n) is 5.48. The van der Waals surface area contributed by atoms with Gasteiger partial charge in [-0.05, 0) is 6.07 Å². The molecule has 2 rings (SSSR count). The second kappa shape index (κ2) is 7.46. The molecule has 0 saturated carbocycles. The van der Waals surface area contributed by atoms with Gasteiger partial charge in [-0.2, -0.15) is 0 Å². The third-order valence-electron chi connectivity index (χ3n) is 2.38. The Morgan fingerprint density at radius 3 is 2.11 bits per heavy atom.